The van der Waals surface area contributed by atoms with Crippen molar-refractivity contribution in [3.8, 4) is 11.8 Å². The van der Waals surface area contributed by atoms with E-state index in [4.69, 9.17) is 0 Å². The van der Waals surface area contributed by atoms with Crippen molar-refractivity contribution in [1.29, 1.82) is 0 Å². The Kier molecular flexibility index (Phi) is 5.01. The third-order valence-corrected chi connectivity index (χ3v) is 3.58. The summed E-state index contributed by atoms with van der Waals surface area (Å²) in [5.74, 6) is 5.69. The van der Waals surface area contributed by atoms with Crippen molar-refractivity contribution < 1.29 is 9.85 Å². The molecule has 0 saturated carbocycles. The fourth-order valence-corrected chi connectivity index (χ4v) is 2.44. The number of nitrogens with one attached hydrogen (secondary N) is 1. The van der Waals surface area contributed by atoms with Gasteiger partial charge in [0.25, 0.3) is 5.69 Å². The number of benzene rings is 1. The third kappa shape index (κ3) is 4.12. The van der Waals surface area contributed by atoms with Gasteiger partial charge in [-0.25, -0.2) is 0 Å². The Bertz CT molecular complexity index is 848. The topological polar surface area (TPSA) is 111 Å². The van der Waals surface area contributed by atoms with E-state index in [9.17, 15) is 20.2 Å². The van der Waals surface area contributed by atoms with Gasteiger partial charge >= 0.3 is 5.69 Å². The molecule has 0 spiro atoms. The van der Waals surface area contributed by atoms with Gasteiger partial charge in [0.15, 0.2) is 0 Å². The van der Waals surface area contributed by atoms with Crippen LogP contribution < -0.4 is 5.43 Å². The van der Waals surface area contributed by atoms with Gasteiger partial charge in [0.1, 0.15) is 5.69 Å². The van der Waals surface area contributed by atoms with Gasteiger partial charge < -0.3 is 0 Å². The standard InChI is InChI=1S/C14H10N4O4S/c1-2-3-11-5-6-12(23-11)9-15-16-13-7-4-10(17(19)20)8-14(13)18(21)22/h4-9,16H,1H3. The lowest BCUT2D eigenvalue weighted by molar-refractivity contribution is -0.393. The monoisotopic (exact) mass is 330 g/mol. The first-order valence-electron chi connectivity index (χ1n) is 6.25. The molecule has 0 saturated heterocycles. The molecule has 0 unspecified atom stereocenters. The normalized spacial score (nSPS) is 10.1. The molecule has 116 valence electrons. The molecule has 0 radical (unpaired) electrons. The van der Waals surface area contributed by atoms with Crippen molar-refractivity contribution in [3.63, 3.8) is 0 Å². The van der Waals surface area contributed by atoms with Crippen LogP contribution in [0.4, 0.5) is 17.1 Å². The number of thiophene rings is 1. The van der Waals surface area contributed by atoms with E-state index in [1.165, 1.54) is 29.7 Å². The lowest BCUT2D eigenvalue weighted by Crippen LogP contribution is -1.98. The molecule has 0 amide bonds. The second kappa shape index (κ2) is 7.15. The van der Waals surface area contributed by atoms with Crippen molar-refractivity contribution in [2.75, 3.05) is 5.43 Å². The van der Waals surface area contributed by atoms with Crippen molar-refractivity contribution in [1.82, 2.24) is 0 Å². The number of non-ortho nitro benzene ring substituents is 1. The molecular formula is C14H10N4O4S. The van der Waals surface area contributed by atoms with Gasteiger partial charge in [-0.3, -0.25) is 25.7 Å². The Morgan fingerprint density at radius 3 is 2.65 bits per heavy atom. The molecular weight excluding hydrogens is 320 g/mol. The highest BCUT2D eigenvalue weighted by molar-refractivity contribution is 7.14. The summed E-state index contributed by atoms with van der Waals surface area (Å²) in [4.78, 5) is 22.0. The maximum absolute atomic E-state index is 11.0. The zero-order valence-electron chi connectivity index (χ0n) is 11.8. The summed E-state index contributed by atoms with van der Waals surface area (Å²) < 4.78 is 0. The van der Waals surface area contributed by atoms with Crippen LogP contribution in [0, 0.1) is 32.1 Å². The van der Waals surface area contributed by atoms with Crippen LogP contribution in [0.2, 0.25) is 0 Å². The average molecular weight is 330 g/mol. The maximum Gasteiger partial charge on any atom is 0.301 e. The van der Waals surface area contributed by atoms with Crippen LogP contribution in [-0.2, 0) is 0 Å². The highest BCUT2D eigenvalue weighted by Gasteiger charge is 2.18. The molecule has 23 heavy (non-hydrogen) atoms. The zero-order valence-corrected chi connectivity index (χ0v) is 12.7. The molecule has 0 bridgehead atoms. The van der Waals surface area contributed by atoms with Gasteiger partial charge in [-0.2, -0.15) is 5.10 Å². The Balaban J connectivity index is 2.18. The van der Waals surface area contributed by atoms with E-state index in [-0.39, 0.29) is 11.4 Å². The van der Waals surface area contributed by atoms with Gasteiger partial charge in [0.2, 0.25) is 0 Å². The van der Waals surface area contributed by atoms with Crippen LogP contribution in [0.25, 0.3) is 0 Å². The predicted octanol–water partition coefficient (Wildman–Crippen LogP) is 3.38. The molecule has 0 aliphatic carbocycles. The summed E-state index contributed by atoms with van der Waals surface area (Å²) in [7, 11) is 0. The number of hydrogen-bond donors (Lipinski definition) is 1. The number of hydrazone groups is 1. The first-order valence-corrected chi connectivity index (χ1v) is 7.07. The molecule has 1 heterocycles. The van der Waals surface area contributed by atoms with Crippen LogP contribution in [0.3, 0.4) is 0 Å². The Morgan fingerprint density at radius 2 is 2.00 bits per heavy atom. The Hall–Kier alpha value is -3.25. The second-order valence-corrected chi connectivity index (χ2v) is 5.28. The third-order valence-electron chi connectivity index (χ3n) is 2.64. The van der Waals surface area contributed by atoms with Crippen LogP contribution in [0.5, 0.6) is 0 Å². The second-order valence-electron chi connectivity index (χ2n) is 4.16. The molecule has 0 fully saturated rings. The first kappa shape index (κ1) is 16.1. The molecule has 1 aromatic carbocycles. The molecule has 1 N–H and O–H groups in total. The molecule has 8 nitrogen and oxygen atoms in total. The molecule has 0 aliphatic heterocycles. The largest absolute Gasteiger partial charge is 0.301 e. The minimum Gasteiger partial charge on any atom is -0.272 e. The molecule has 0 aliphatic rings. The number of nitrogens with zero attached hydrogens (tertiary/aromatic N) is 3. The quantitative estimate of drug-likeness (QED) is 0.391. The fraction of sp³-hybridized carbons (Fsp3) is 0.0714. The van der Waals surface area contributed by atoms with Gasteiger partial charge in [-0.05, 0) is 25.1 Å². The average Bonchev–Trinajstić information content (AvgIpc) is 2.95. The summed E-state index contributed by atoms with van der Waals surface area (Å²) in [6, 6.07) is 6.97. The lowest BCUT2D eigenvalue weighted by Gasteiger charge is -2.01. The minimum atomic E-state index is -0.703. The van der Waals surface area contributed by atoms with E-state index in [1.807, 2.05) is 12.1 Å². The highest BCUT2D eigenvalue weighted by atomic mass is 32.1. The van der Waals surface area contributed by atoms with E-state index in [2.05, 4.69) is 22.4 Å². The molecule has 9 heteroatoms. The van der Waals surface area contributed by atoms with Crippen molar-refractivity contribution in [3.05, 3.63) is 60.3 Å². The summed E-state index contributed by atoms with van der Waals surface area (Å²) in [6.07, 6.45) is 1.50. The van der Waals surface area contributed by atoms with Crippen LogP contribution in [-0.4, -0.2) is 16.1 Å². The first-order chi connectivity index (χ1) is 11.0. The van der Waals surface area contributed by atoms with Crippen LogP contribution in [0.1, 0.15) is 16.7 Å². The smallest absolute Gasteiger partial charge is 0.272 e. The fourth-order valence-electron chi connectivity index (χ4n) is 1.66. The Labute approximate surface area is 134 Å². The van der Waals surface area contributed by atoms with Crippen molar-refractivity contribution >= 4 is 34.6 Å². The number of nitro groups is 2. The van der Waals surface area contributed by atoms with Gasteiger partial charge in [-0.15, -0.1) is 17.3 Å². The summed E-state index contributed by atoms with van der Waals surface area (Å²) >= 11 is 1.42. The van der Waals surface area contributed by atoms with E-state index in [0.29, 0.717) is 0 Å². The SMILES string of the molecule is CC#Cc1ccc(C=NNc2ccc([N+](=O)[O-])cc2[N+](=O)[O-])s1. The summed E-state index contributed by atoms with van der Waals surface area (Å²) in [5.41, 5.74) is 1.83. The lowest BCUT2D eigenvalue weighted by atomic mass is 10.2. The van der Waals surface area contributed by atoms with Gasteiger partial charge in [-0.1, -0.05) is 5.92 Å². The number of anilines is 1. The minimum absolute atomic E-state index is 0.0713. The van der Waals surface area contributed by atoms with Crippen molar-refractivity contribution in [2.24, 2.45) is 5.10 Å². The molecule has 2 rings (SSSR count). The summed E-state index contributed by atoms with van der Waals surface area (Å²) in [6.45, 7) is 1.74. The van der Waals surface area contributed by atoms with Crippen molar-refractivity contribution in [2.45, 2.75) is 6.92 Å². The molecule has 2 aromatic rings. The number of nitro benzene ring substituents is 2. The Morgan fingerprint density at radius 1 is 1.22 bits per heavy atom. The number of rotatable bonds is 5. The van der Waals surface area contributed by atoms with E-state index in [0.717, 1.165) is 15.8 Å². The summed E-state index contributed by atoms with van der Waals surface area (Å²) in [5, 5.41) is 25.6. The predicted molar refractivity (Wildman–Crippen MR) is 87.8 cm³/mol. The molecule has 0 atom stereocenters. The van der Waals surface area contributed by atoms with Crippen LogP contribution >= 0.6 is 11.3 Å². The van der Waals surface area contributed by atoms with Gasteiger partial charge in [0, 0.05) is 10.9 Å². The number of hydrogen-bond acceptors (Lipinski definition) is 7. The van der Waals surface area contributed by atoms with E-state index < -0.39 is 15.5 Å². The maximum atomic E-state index is 11.0. The van der Waals surface area contributed by atoms with Crippen LogP contribution in [0.15, 0.2) is 35.4 Å². The van der Waals surface area contributed by atoms with E-state index in [1.54, 1.807) is 6.92 Å². The van der Waals surface area contributed by atoms with Gasteiger partial charge in [0.05, 0.1) is 27.0 Å². The molecule has 1 aromatic heterocycles. The zero-order chi connectivity index (χ0) is 16.8. The highest BCUT2D eigenvalue weighted by Crippen LogP contribution is 2.28. The van der Waals surface area contributed by atoms with E-state index >= 15 is 0 Å².